The number of aromatic nitrogens is 2. The van der Waals surface area contributed by atoms with E-state index in [-0.39, 0.29) is 17.3 Å². The number of benzene rings is 1. The molecule has 0 bridgehead atoms. The van der Waals surface area contributed by atoms with Gasteiger partial charge in [-0.15, -0.1) is 0 Å². The molecule has 0 amide bonds. The molecule has 0 aliphatic rings. The Labute approximate surface area is 119 Å². The van der Waals surface area contributed by atoms with Crippen LogP contribution in [0.3, 0.4) is 0 Å². The van der Waals surface area contributed by atoms with Gasteiger partial charge in [0.2, 0.25) is 0 Å². The van der Waals surface area contributed by atoms with E-state index in [1.807, 2.05) is 4.57 Å². The van der Waals surface area contributed by atoms with Gasteiger partial charge < -0.3 is 10.3 Å². The SMILES string of the molecule is CC(C)n1c(C(C)(C)C)nc(-c2ccccc2F)c1N. The van der Waals surface area contributed by atoms with Crippen molar-refractivity contribution < 1.29 is 4.39 Å². The molecule has 20 heavy (non-hydrogen) atoms. The number of rotatable bonds is 2. The molecule has 108 valence electrons. The number of hydrogen-bond acceptors (Lipinski definition) is 2. The Balaban J connectivity index is 2.72. The fourth-order valence-corrected chi connectivity index (χ4v) is 2.35. The third-order valence-corrected chi connectivity index (χ3v) is 3.26. The molecule has 0 fully saturated rings. The van der Waals surface area contributed by atoms with Crippen molar-refractivity contribution in [2.24, 2.45) is 0 Å². The van der Waals surface area contributed by atoms with Gasteiger partial charge >= 0.3 is 0 Å². The summed E-state index contributed by atoms with van der Waals surface area (Å²) in [7, 11) is 0. The van der Waals surface area contributed by atoms with Crippen LogP contribution in [-0.4, -0.2) is 9.55 Å². The molecule has 0 saturated carbocycles. The summed E-state index contributed by atoms with van der Waals surface area (Å²) in [5.41, 5.74) is 7.07. The number of hydrogen-bond donors (Lipinski definition) is 1. The number of imidazole rings is 1. The van der Waals surface area contributed by atoms with Crippen molar-refractivity contribution in [3.8, 4) is 11.3 Å². The lowest BCUT2D eigenvalue weighted by Crippen LogP contribution is -2.21. The Morgan fingerprint density at radius 3 is 2.25 bits per heavy atom. The molecule has 1 aromatic heterocycles. The summed E-state index contributed by atoms with van der Waals surface area (Å²) in [4.78, 5) is 4.63. The van der Waals surface area contributed by atoms with E-state index >= 15 is 0 Å². The average Bonchev–Trinajstić information content (AvgIpc) is 2.67. The summed E-state index contributed by atoms with van der Waals surface area (Å²) < 4.78 is 16.0. The molecule has 4 heteroatoms. The van der Waals surface area contributed by atoms with Crippen molar-refractivity contribution in [2.45, 2.75) is 46.1 Å². The van der Waals surface area contributed by atoms with Crippen molar-refractivity contribution in [1.29, 1.82) is 0 Å². The van der Waals surface area contributed by atoms with Crippen LogP contribution in [0.4, 0.5) is 10.2 Å². The lowest BCUT2D eigenvalue weighted by molar-refractivity contribution is 0.473. The average molecular weight is 275 g/mol. The molecule has 0 unspecified atom stereocenters. The van der Waals surface area contributed by atoms with Crippen LogP contribution in [0.5, 0.6) is 0 Å². The Kier molecular flexibility index (Phi) is 3.59. The third-order valence-electron chi connectivity index (χ3n) is 3.26. The van der Waals surface area contributed by atoms with E-state index in [2.05, 4.69) is 39.6 Å². The lowest BCUT2D eigenvalue weighted by atomic mass is 9.95. The van der Waals surface area contributed by atoms with Crippen LogP contribution in [0.15, 0.2) is 24.3 Å². The monoisotopic (exact) mass is 275 g/mol. The van der Waals surface area contributed by atoms with Crippen LogP contribution in [-0.2, 0) is 5.41 Å². The second kappa shape index (κ2) is 4.93. The van der Waals surface area contributed by atoms with Crippen LogP contribution in [0, 0.1) is 5.82 Å². The smallest absolute Gasteiger partial charge is 0.132 e. The molecule has 2 rings (SSSR count). The molecule has 0 aliphatic heterocycles. The second-order valence-electron chi connectivity index (χ2n) is 6.36. The quantitative estimate of drug-likeness (QED) is 0.894. The summed E-state index contributed by atoms with van der Waals surface area (Å²) in [5.74, 6) is 1.10. The van der Waals surface area contributed by atoms with Crippen molar-refractivity contribution >= 4 is 5.82 Å². The van der Waals surface area contributed by atoms with E-state index in [1.54, 1.807) is 18.2 Å². The first-order chi connectivity index (χ1) is 9.23. The maximum atomic E-state index is 14.0. The number of halogens is 1. The minimum Gasteiger partial charge on any atom is -0.383 e. The first-order valence-electron chi connectivity index (χ1n) is 6.86. The van der Waals surface area contributed by atoms with Gasteiger partial charge in [0, 0.05) is 17.0 Å². The molecule has 2 aromatic rings. The maximum absolute atomic E-state index is 14.0. The van der Waals surface area contributed by atoms with Gasteiger partial charge in [-0.25, -0.2) is 9.37 Å². The van der Waals surface area contributed by atoms with E-state index < -0.39 is 0 Å². The molecular weight excluding hydrogens is 253 g/mol. The fraction of sp³-hybridized carbons (Fsp3) is 0.438. The maximum Gasteiger partial charge on any atom is 0.132 e. The van der Waals surface area contributed by atoms with Gasteiger partial charge in [0.25, 0.3) is 0 Å². The Morgan fingerprint density at radius 2 is 1.80 bits per heavy atom. The highest BCUT2D eigenvalue weighted by Crippen LogP contribution is 2.35. The van der Waals surface area contributed by atoms with E-state index in [0.29, 0.717) is 17.1 Å². The molecule has 0 spiro atoms. The molecule has 1 heterocycles. The number of nitrogen functional groups attached to an aromatic ring is 1. The van der Waals surface area contributed by atoms with Crippen LogP contribution in [0.2, 0.25) is 0 Å². The molecule has 0 radical (unpaired) electrons. The van der Waals surface area contributed by atoms with Gasteiger partial charge in [0.05, 0.1) is 0 Å². The van der Waals surface area contributed by atoms with Crippen LogP contribution >= 0.6 is 0 Å². The third kappa shape index (κ3) is 2.42. The molecule has 2 N–H and O–H groups in total. The van der Waals surface area contributed by atoms with Crippen LogP contribution < -0.4 is 5.73 Å². The van der Waals surface area contributed by atoms with E-state index in [0.717, 1.165) is 5.82 Å². The topological polar surface area (TPSA) is 43.8 Å². The van der Waals surface area contributed by atoms with Gasteiger partial charge in [-0.2, -0.15) is 0 Å². The van der Waals surface area contributed by atoms with Gasteiger partial charge in [0.1, 0.15) is 23.2 Å². The van der Waals surface area contributed by atoms with Crippen molar-refractivity contribution in [1.82, 2.24) is 9.55 Å². The second-order valence-corrected chi connectivity index (χ2v) is 6.36. The zero-order chi connectivity index (χ0) is 15.1. The first kappa shape index (κ1) is 14.6. The Bertz CT molecular complexity index is 621. The summed E-state index contributed by atoms with van der Waals surface area (Å²) >= 11 is 0. The van der Waals surface area contributed by atoms with E-state index in [1.165, 1.54) is 6.07 Å². The van der Waals surface area contributed by atoms with Crippen LogP contribution in [0.1, 0.15) is 46.5 Å². The predicted molar refractivity (Wildman–Crippen MR) is 81.1 cm³/mol. The van der Waals surface area contributed by atoms with Gasteiger partial charge in [0.15, 0.2) is 0 Å². The highest BCUT2D eigenvalue weighted by Gasteiger charge is 2.27. The van der Waals surface area contributed by atoms with Gasteiger partial charge in [-0.3, -0.25) is 0 Å². The first-order valence-corrected chi connectivity index (χ1v) is 6.86. The minimum absolute atomic E-state index is 0.151. The van der Waals surface area contributed by atoms with Gasteiger partial charge in [-0.1, -0.05) is 32.9 Å². The molecule has 0 atom stereocenters. The standard InChI is InChI=1S/C16H22FN3/c1-10(2)20-14(18)13(19-15(20)16(3,4)5)11-8-6-7-9-12(11)17/h6-10H,18H2,1-5H3. The molecule has 1 aromatic carbocycles. The normalized spacial score (nSPS) is 12.2. The summed E-state index contributed by atoms with van der Waals surface area (Å²) in [5, 5.41) is 0. The number of anilines is 1. The Hall–Kier alpha value is -1.84. The lowest BCUT2D eigenvalue weighted by Gasteiger charge is -2.22. The highest BCUT2D eigenvalue weighted by molar-refractivity contribution is 5.71. The zero-order valence-electron chi connectivity index (χ0n) is 12.7. The summed E-state index contributed by atoms with van der Waals surface area (Å²) in [6.07, 6.45) is 0. The Morgan fingerprint density at radius 1 is 1.20 bits per heavy atom. The zero-order valence-corrected chi connectivity index (χ0v) is 12.7. The van der Waals surface area contributed by atoms with Crippen LogP contribution in [0.25, 0.3) is 11.3 Å². The molecular formula is C16H22FN3. The van der Waals surface area contributed by atoms with Crippen molar-refractivity contribution in [3.63, 3.8) is 0 Å². The molecule has 0 aliphatic carbocycles. The fourth-order valence-electron chi connectivity index (χ4n) is 2.35. The molecule has 3 nitrogen and oxygen atoms in total. The largest absolute Gasteiger partial charge is 0.383 e. The summed E-state index contributed by atoms with van der Waals surface area (Å²) in [6.45, 7) is 10.4. The highest BCUT2D eigenvalue weighted by atomic mass is 19.1. The number of nitrogens with zero attached hydrogens (tertiary/aromatic N) is 2. The minimum atomic E-state index is -0.298. The molecule has 0 saturated heterocycles. The summed E-state index contributed by atoms with van der Waals surface area (Å²) in [6, 6.07) is 6.78. The van der Waals surface area contributed by atoms with Gasteiger partial charge in [-0.05, 0) is 26.0 Å². The van der Waals surface area contributed by atoms with E-state index in [9.17, 15) is 4.39 Å². The van der Waals surface area contributed by atoms with Crippen molar-refractivity contribution in [2.75, 3.05) is 5.73 Å². The van der Waals surface area contributed by atoms with Crippen molar-refractivity contribution in [3.05, 3.63) is 35.9 Å². The predicted octanol–water partition coefficient (Wildman–Crippen LogP) is 4.15. The van der Waals surface area contributed by atoms with E-state index in [4.69, 9.17) is 5.73 Å². The number of nitrogens with two attached hydrogens (primary N) is 1.